The van der Waals surface area contributed by atoms with E-state index in [0.717, 1.165) is 0 Å². The summed E-state index contributed by atoms with van der Waals surface area (Å²) in [6, 6.07) is 0. The van der Waals surface area contributed by atoms with Crippen LogP contribution in [-0.4, -0.2) is 30.2 Å². The first-order valence-corrected chi connectivity index (χ1v) is 6.79. The van der Waals surface area contributed by atoms with Crippen molar-refractivity contribution in [2.75, 3.05) is 6.61 Å². The Morgan fingerprint density at radius 1 is 1.22 bits per heavy atom. The zero-order valence-corrected chi connectivity index (χ0v) is 12.4. The second-order valence-electron chi connectivity index (χ2n) is 6.96. The highest BCUT2D eigenvalue weighted by atomic mass is 16.8. The molecule has 0 bridgehead atoms. The van der Waals surface area contributed by atoms with Crippen LogP contribution in [0.25, 0.3) is 0 Å². The van der Waals surface area contributed by atoms with Gasteiger partial charge in [-0.2, -0.15) is 0 Å². The van der Waals surface area contributed by atoms with Gasteiger partial charge in [0.1, 0.15) is 0 Å². The summed E-state index contributed by atoms with van der Waals surface area (Å²) < 4.78 is 17.9. The Hall–Kier alpha value is -0.380. The molecule has 1 aliphatic carbocycles. The van der Waals surface area contributed by atoms with E-state index in [1.54, 1.807) is 0 Å². The molecule has 0 aromatic carbocycles. The quantitative estimate of drug-likeness (QED) is 0.709. The SMILES string of the molecule is C=C1[C@H](C)[C@@H]2OC(C)(C)O[C@@H]2[C@H]1COC(C)(C)C. The van der Waals surface area contributed by atoms with E-state index in [2.05, 4.69) is 34.3 Å². The van der Waals surface area contributed by atoms with Gasteiger partial charge in [0, 0.05) is 11.8 Å². The van der Waals surface area contributed by atoms with Gasteiger partial charge < -0.3 is 14.2 Å². The Bertz CT molecular complexity index is 340. The number of rotatable bonds is 2. The van der Waals surface area contributed by atoms with Gasteiger partial charge in [0.05, 0.1) is 24.4 Å². The van der Waals surface area contributed by atoms with Crippen LogP contribution in [0.15, 0.2) is 12.2 Å². The molecule has 0 amide bonds. The molecular formula is C15H26O3. The van der Waals surface area contributed by atoms with E-state index >= 15 is 0 Å². The molecule has 1 aliphatic heterocycles. The third-order valence-electron chi connectivity index (χ3n) is 3.81. The molecule has 2 rings (SSSR count). The Kier molecular flexibility index (Phi) is 3.37. The molecule has 0 aromatic rings. The van der Waals surface area contributed by atoms with Crippen molar-refractivity contribution in [1.29, 1.82) is 0 Å². The van der Waals surface area contributed by atoms with Crippen LogP contribution in [0.5, 0.6) is 0 Å². The highest BCUT2D eigenvalue weighted by Crippen LogP contribution is 2.47. The van der Waals surface area contributed by atoms with Crippen LogP contribution in [0.2, 0.25) is 0 Å². The lowest BCUT2D eigenvalue weighted by molar-refractivity contribution is -0.159. The summed E-state index contributed by atoms with van der Waals surface area (Å²) >= 11 is 0. The van der Waals surface area contributed by atoms with E-state index in [1.165, 1.54) is 5.57 Å². The van der Waals surface area contributed by atoms with Gasteiger partial charge in [-0.05, 0) is 34.6 Å². The predicted octanol–water partition coefficient (Wildman–Crippen LogP) is 3.14. The number of ether oxygens (including phenoxy) is 3. The largest absolute Gasteiger partial charge is 0.375 e. The molecule has 4 atom stereocenters. The number of hydrogen-bond acceptors (Lipinski definition) is 3. The lowest BCUT2D eigenvalue weighted by Gasteiger charge is -2.27. The standard InChI is InChI=1S/C15H26O3/c1-9-10(2)12-13(18-15(6,7)17-12)11(9)8-16-14(3,4)5/h10-13H,1,8H2,2-7H3/t10-,11-,12-,13+/m0/s1. The molecule has 3 heteroatoms. The smallest absolute Gasteiger partial charge is 0.163 e. The maximum atomic E-state index is 6.03. The van der Waals surface area contributed by atoms with Gasteiger partial charge in [0.2, 0.25) is 0 Å². The molecule has 3 nitrogen and oxygen atoms in total. The van der Waals surface area contributed by atoms with E-state index in [9.17, 15) is 0 Å². The summed E-state index contributed by atoms with van der Waals surface area (Å²) in [4.78, 5) is 0. The van der Waals surface area contributed by atoms with Crippen LogP contribution in [0, 0.1) is 11.8 Å². The molecule has 104 valence electrons. The zero-order valence-electron chi connectivity index (χ0n) is 12.4. The summed E-state index contributed by atoms with van der Waals surface area (Å²) in [6.07, 6.45) is 0.214. The van der Waals surface area contributed by atoms with Gasteiger partial charge in [-0.3, -0.25) is 0 Å². The fourth-order valence-electron chi connectivity index (χ4n) is 2.82. The van der Waals surface area contributed by atoms with Crippen molar-refractivity contribution >= 4 is 0 Å². The van der Waals surface area contributed by atoms with Crippen molar-refractivity contribution < 1.29 is 14.2 Å². The van der Waals surface area contributed by atoms with Gasteiger partial charge in [-0.15, -0.1) is 0 Å². The molecule has 1 saturated carbocycles. The minimum absolute atomic E-state index is 0.0878. The molecule has 1 saturated heterocycles. The van der Waals surface area contributed by atoms with Crippen molar-refractivity contribution in [1.82, 2.24) is 0 Å². The lowest BCUT2D eigenvalue weighted by Crippen LogP contribution is -2.31. The summed E-state index contributed by atoms with van der Waals surface area (Å²) in [7, 11) is 0. The van der Waals surface area contributed by atoms with E-state index in [-0.39, 0.29) is 23.7 Å². The Morgan fingerprint density at radius 2 is 1.78 bits per heavy atom. The van der Waals surface area contributed by atoms with Crippen LogP contribution < -0.4 is 0 Å². The highest BCUT2D eigenvalue weighted by molar-refractivity contribution is 5.20. The topological polar surface area (TPSA) is 27.7 Å². The van der Waals surface area contributed by atoms with Gasteiger partial charge in [-0.25, -0.2) is 0 Å². The second-order valence-corrected chi connectivity index (χ2v) is 6.96. The average molecular weight is 254 g/mol. The van der Waals surface area contributed by atoms with Gasteiger partial charge in [0.25, 0.3) is 0 Å². The van der Waals surface area contributed by atoms with Crippen LogP contribution in [0.4, 0.5) is 0 Å². The van der Waals surface area contributed by atoms with E-state index in [0.29, 0.717) is 12.5 Å². The van der Waals surface area contributed by atoms with Gasteiger partial charge >= 0.3 is 0 Å². The van der Waals surface area contributed by atoms with Crippen molar-refractivity contribution in [3.8, 4) is 0 Å². The minimum Gasteiger partial charge on any atom is -0.375 e. The van der Waals surface area contributed by atoms with E-state index in [1.807, 2.05) is 13.8 Å². The number of fused-ring (bicyclic) bond motifs is 1. The van der Waals surface area contributed by atoms with Crippen molar-refractivity contribution in [3.63, 3.8) is 0 Å². The van der Waals surface area contributed by atoms with Gasteiger partial charge in [0.15, 0.2) is 5.79 Å². The van der Waals surface area contributed by atoms with Crippen molar-refractivity contribution in [2.24, 2.45) is 11.8 Å². The summed E-state index contributed by atoms with van der Waals surface area (Å²) in [5.41, 5.74) is 1.07. The fraction of sp³-hybridized carbons (Fsp3) is 0.867. The lowest BCUT2D eigenvalue weighted by atomic mass is 9.99. The first-order chi connectivity index (χ1) is 8.11. The average Bonchev–Trinajstić information content (AvgIpc) is 2.60. The Labute approximate surface area is 110 Å². The summed E-state index contributed by atoms with van der Waals surface area (Å²) in [5.74, 6) is 0.0981. The third kappa shape index (κ3) is 2.63. The summed E-state index contributed by atoms with van der Waals surface area (Å²) in [6.45, 7) is 17.2. The fourth-order valence-corrected chi connectivity index (χ4v) is 2.82. The van der Waals surface area contributed by atoms with Gasteiger partial charge in [-0.1, -0.05) is 19.1 Å². The monoisotopic (exact) mass is 254 g/mol. The highest BCUT2D eigenvalue weighted by Gasteiger charge is 2.54. The first kappa shape index (κ1) is 14.0. The second kappa shape index (κ2) is 4.32. The third-order valence-corrected chi connectivity index (χ3v) is 3.81. The normalized spacial score (nSPS) is 39.1. The Morgan fingerprint density at radius 3 is 2.33 bits per heavy atom. The molecule has 0 N–H and O–H groups in total. The predicted molar refractivity (Wildman–Crippen MR) is 71.3 cm³/mol. The molecule has 0 radical (unpaired) electrons. The van der Waals surface area contributed by atoms with Crippen LogP contribution in [-0.2, 0) is 14.2 Å². The summed E-state index contributed by atoms with van der Waals surface area (Å²) in [5, 5.41) is 0. The molecule has 0 aromatic heterocycles. The zero-order chi connectivity index (χ0) is 13.7. The Balaban J connectivity index is 2.08. The van der Waals surface area contributed by atoms with Crippen LogP contribution >= 0.6 is 0 Å². The van der Waals surface area contributed by atoms with Crippen molar-refractivity contribution in [2.45, 2.75) is 65.1 Å². The molecule has 1 heterocycles. The molecule has 2 aliphatic rings. The molecule has 0 spiro atoms. The molecule has 2 fully saturated rings. The first-order valence-electron chi connectivity index (χ1n) is 6.79. The van der Waals surface area contributed by atoms with E-state index < -0.39 is 5.79 Å². The minimum atomic E-state index is -0.482. The molecular weight excluding hydrogens is 228 g/mol. The van der Waals surface area contributed by atoms with E-state index in [4.69, 9.17) is 14.2 Å². The van der Waals surface area contributed by atoms with Crippen LogP contribution in [0.3, 0.4) is 0 Å². The van der Waals surface area contributed by atoms with Crippen LogP contribution in [0.1, 0.15) is 41.5 Å². The van der Waals surface area contributed by atoms with Crippen molar-refractivity contribution in [3.05, 3.63) is 12.2 Å². The molecule has 18 heavy (non-hydrogen) atoms. The molecule has 0 unspecified atom stereocenters. The maximum absolute atomic E-state index is 6.03. The number of hydrogen-bond donors (Lipinski definition) is 0. The maximum Gasteiger partial charge on any atom is 0.163 e.